The summed E-state index contributed by atoms with van der Waals surface area (Å²) < 4.78 is 37.7. The monoisotopic (exact) mass is 322 g/mol. The van der Waals surface area contributed by atoms with Gasteiger partial charge in [0.25, 0.3) is 0 Å². The highest BCUT2D eigenvalue weighted by molar-refractivity contribution is 6.35. The predicted octanol–water partition coefficient (Wildman–Crippen LogP) is 4.13. The fraction of sp³-hybridized carbons (Fsp3) is 0.0909. The van der Waals surface area contributed by atoms with Crippen molar-refractivity contribution in [2.24, 2.45) is 0 Å². The Morgan fingerprint density at radius 1 is 1.10 bits per heavy atom. The first-order valence-electron chi connectivity index (χ1n) is 5.19. The molecule has 2 aromatic rings. The third kappa shape index (κ3) is 3.43. The average molecular weight is 323 g/mol. The van der Waals surface area contributed by atoms with Crippen LogP contribution in [0.15, 0.2) is 24.3 Å². The quantitative estimate of drug-likeness (QED) is 0.872. The molecule has 106 valence electrons. The number of hydrogen-bond donors (Lipinski definition) is 2. The number of rotatable bonds is 2. The summed E-state index contributed by atoms with van der Waals surface area (Å²) in [4.78, 5) is 6.47. The van der Waals surface area contributed by atoms with Gasteiger partial charge in [0.2, 0.25) is 5.82 Å². The summed E-state index contributed by atoms with van der Waals surface area (Å²) in [5.74, 6) is -1.78. The number of nitrogens with one attached hydrogen (secondary N) is 1. The van der Waals surface area contributed by atoms with Crippen LogP contribution in [0, 0.1) is 0 Å². The molecule has 4 nitrogen and oxygen atoms in total. The molecule has 0 fully saturated rings. The van der Waals surface area contributed by atoms with Crippen LogP contribution in [0.25, 0.3) is 0 Å². The third-order valence-corrected chi connectivity index (χ3v) is 2.76. The summed E-state index contributed by atoms with van der Waals surface area (Å²) in [5, 5.41) is 3.27. The van der Waals surface area contributed by atoms with Gasteiger partial charge in [-0.1, -0.05) is 23.2 Å². The number of alkyl halides is 3. The van der Waals surface area contributed by atoms with Crippen LogP contribution in [-0.2, 0) is 6.18 Å². The Morgan fingerprint density at radius 3 is 2.45 bits per heavy atom. The van der Waals surface area contributed by atoms with Crippen molar-refractivity contribution in [3.05, 3.63) is 40.1 Å². The molecule has 0 bridgehead atoms. The van der Waals surface area contributed by atoms with Gasteiger partial charge >= 0.3 is 6.18 Å². The van der Waals surface area contributed by atoms with Gasteiger partial charge in [0.05, 0.1) is 10.7 Å². The molecule has 9 heteroatoms. The molecule has 0 aliphatic rings. The van der Waals surface area contributed by atoms with Crippen molar-refractivity contribution in [1.29, 1.82) is 0 Å². The zero-order chi connectivity index (χ0) is 14.9. The van der Waals surface area contributed by atoms with Crippen LogP contribution in [0.5, 0.6) is 0 Å². The van der Waals surface area contributed by atoms with Gasteiger partial charge in [-0.2, -0.15) is 13.2 Å². The maximum absolute atomic E-state index is 12.6. The smallest absolute Gasteiger partial charge is 0.384 e. The molecule has 0 unspecified atom stereocenters. The van der Waals surface area contributed by atoms with Crippen molar-refractivity contribution in [3.8, 4) is 0 Å². The Hall–Kier alpha value is -1.73. The molecule has 1 heterocycles. The lowest BCUT2D eigenvalue weighted by molar-refractivity contribution is -0.144. The largest absolute Gasteiger partial charge is 0.451 e. The molecule has 0 aliphatic carbocycles. The topological polar surface area (TPSA) is 63.8 Å². The van der Waals surface area contributed by atoms with E-state index in [9.17, 15) is 13.2 Å². The van der Waals surface area contributed by atoms with Crippen molar-refractivity contribution in [3.63, 3.8) is 0 Å². The molecule has 0 spiro atoms. The van der Waals surface area contributed by atoms with Crippen LogP contribution in [0.3, 0.4) is 0 Å². The zero-order valence-electron chi connectivity index (χ0n) is 9.67. The summed E-state index contributed by atoms with van der Waals surface area (Å²) in [6.07, 6.45) is -4.69. The summed E-state index contributed by atoms with van der Waals surface area (Å²) in [7, 11) is 0. The molecular formula is C11H7Cl2F3N4. The average Bonchev–Trinajstić information content (AvgIpc) is 2.32. The van der Waals surface area contributed by atoms with Crippen molar-refractivity contribution in [2.75, 3.05) is 11.1 Å². The van der Waals surface area contributed by atoms with Gasteiger partial charge in [-0.3, -0.25) is 0 Å². The minimum absolute atomic E-state index is 0.131. The van der Waals surface area contributed by atoms with E-state index in [0.717, 1.165) is 6.07 Å². The number of hydrogen-bond acceptors (Lipinski definition) is 4. The number of benzene rings is 1. The zero-order valence-corrected chi connectivity index (χ0v) is 11.2. The molecule has 0 saturated heterocycles. The highest BCUT2D eigenvalue weighted by Crippen LogP contribution is 2.31. The van der Waals surface area contributed by atoms with Crippen molar-refractivity contribution in [2.45, 2.75) is 6.18 Å². The van der Waals surface area contributed by atoms with E-state index < -0.39 is 12.0 Å². The Kier molecular flexibility index (Phi) is 3.92. The third-order valence-electron chi connectivity index (χ3n) is 2.19. The Balaban J connectivity index is 2.39. The van der Waals surface area contributed by atoms with Gasteiger partial charge in [0.15, 0.2) is 0 Å². The van der Waals surface area contributed by atoms with E-state index >= 15 is 0 Å². The first-order valence-corrected chi connectivity index (χ1v) is 5.95. The van der Waals surface area contributed by atoms with Crippen LogP contribution < -0.4 is 11.1 Å². The second kappa shape index (κ2) is 5.34. The lowest BCUT2D eigenvalue weighted by Crippen LogP contribution is -2.13. The molecule has 20 heavy (non-hydrogen) atoms. The van der Waals surface area contributed by atoms with E-state index in [1.165, 1.54) is 12.1 Å². The normalized spacial score (nSPS) is 11.4. The Bertz CT molecular complexity index is 646. The number of nitrogens with zero attached hydrogens (tertiary/aromatic N) is 2. The SMILES string of the molecule is Nc1cc(Nc2cc(Cl)ccc2Cl)nc(C(F)(F)F)n1. The Morgan fingerprint density at radius 2 is 1.80 bits per heavy atom. The highest BCUT2D eigenvalue weighted by Gasteiger charge is 2.35. The standard InChI is InChI=1S/C11H7Cl2F3N4/c12-5-1-2-6(13)7(3-5)18-9-4-8(17)19-10(20-9)11(14,15)16/h1-4H,(H3,17,18,19,20). The first kappa shape index (κ1) is 14.7. The van der Waals surface area contributed by atoms with Crippen molar-refractivity contribution >= 4 is 40.5 Å². The van der Waals surface area contributed by atoms with Crippen LogP contribution >= 0.6 is 23.2 Å². The molecule has 0 aliphatic heterocycles. The number of nitrogens with two attached hydrogens (primary N) is 1. The first-order chi connectivity index (χ1) is 9.25. The molecule has 0 atom stereocenters. The van der Waals surface area contributed by atoms with E-state index in [1.54, 1.807) is 6.07 Å². The number of aromatic nitrogens is 2. The molecular weight excluding hydrogens is 316 g/mol. The van der Waals surface area contributed by atoms with Crippen LogP contribution in [0.2, 0.25) is 10.0 Å². The molecule has 0 saturated carbocycles. The highest BCUT2D eigenvalue weighted by atomic mass is 35.5. The summed E-state index contributed by atoms with van der Waals surface area (Å²) >= 11 is 11.7. The van der Waals surface area contributed by atoms with Gasteiger partial charge in [0.1, 0.15) is 11.6 Å². The van der Waals surface area contributed by atoms with E-state index in [4.69, 9.17) is 28.9 Å². The number of anilines is 3. The minimum atomic E-state index is -4.69. The van der Waals surface area contributed by atoms with Crippen molar-refractivity contribution < 1.29 is 13.2 Å². The van der Waals surface area contributed by atoms with Crippen molar-refractivity contribution in [1.82, 2.24) is 9.97 Å². The summed E-state index contributed by atoms with van der Waals surface area (Å²) in [5.41, 5.74) is 5.64. The van der Waals surface area contributed by atoms with Crippen LogP contribution in [0.1, 0.15) is 5.82 Å². The van der Waals surface area contributed by atoms with Gasteiger partial charge in [0, 0.05) is 11.1 Å². The van der Waals surface area contributed by atoms with Gasteiger partial charge in [-0.25, -0.2) is 9.97 Å². The van der Waals surface area contributed by atoms with Gasteiger partial charge in [-0.05, 0) is 18.2 Å². The molecule has 3 N–H and O–H groups in total. The fourth-order valence-electron chi connectivity index (χ4n) is 1.39. The van der Waals surface area contributed by atoms with E-state index in [0.29, 0.717) is 10.7 Å². The lowest BCUT2D eigenvalue weighted by atomic mass is 10.3. The predicted molar refractivity (Wildman–Crippen MR) is 71.2 cm³/mol. The van der Waals surface area contributed by atoms with E-state index in [1.807, 2.05) is 0 Å². The van der Waals surface area contributed by atoms with E-state index in [2.05, 4.69) is 15.3 Å². The van der Waals surface area contributed by atoms with Gasteiger partial charge in [-0.15, -0.1) is 0 Å². The van der Waals surface area contributed by atoms with Crippen LogP contribution in [-0.4, -0.2) is 9.97 Å². The molecule has 1 aromatic heterocycles. The Labute approximate surface area is 121 Å². The molecule has 0 radical (unpaired) electrons. The maximum Gasteiger partial charge on any atom is 0.451 e. The second-order valence-electron chi connectivity index (χ2n) is 3.75. The fourth-order valence-corrected chi connectivity index (χ4v) is 1.72. The molecule has 1 aromatic carbocycles. The lowest BCUT2D eigenvalue weighted by Gasteiger charge is -2.11. The number of nitrogen functional groups attached to an aromatic ring is 1. The number of halogens is 5. The van der Waals surface area contributed by atoms with Gasteiger partial charge < -0.3 is 11.1 Å². The van der Waals surface area contributed by atoms with Crippen LogP contribution in [0.4, 0.5) is 30.5 Å². The second-order valence-corrected chi connectivity index (χ2v) is 4.59. The molecule has 2 rings (SSSR count). The maximum atomic E-state index is 12.6. The summed E-state index contributed by atoms with van der Waals surface area (Å²) in [6.45, 7) is 0. The van der Waals surface area contributed by atoms with E-state index in [-0.39, 0.29) is 16.7 Å². The summed E-state index contributed by atoms with van der Waals surface area (Å²) in [6, 6.07) is 5.66. The molecule has 0 amide bonds. The minimum Gasteiger partial charge on any atom is -0.384 e.